The summed E-state index contributed by atoms with van der Waals surface area (Å²) in [5.41, 5.74) is 0.303. The van der Waals surface area contributed by atoms with Crippen LogP contribution in [0.3, 0.4) is 0 Å². The van der Waals surface area contributed by atoms with Gasteiger partial charge in [-0.05, 0) is 27.5 Å². The van der Waals surface area contributed by atoms with Crippen LogP contribution in [0.2, 0.25) is 5.28 Å². The summed E-state index contributed by atoms with van der Waals surface area (Å²) in [6.45, 7) is -0.485. The van der Waals surface area contributed by atoms with Gasteiger partial charge in [0, 0.05) is 13.1 Å². The number of hydrogen-bond acceptors (Lipinski definition) is 5. The molecule has 1 aliphatic rings. The minimum Gasteiger partial charge on any atom is -0.378 e. The highest BCUT2D eigenvalue weighted by molar-refractivity contribution is 9.10. The van der Waals surface area contributed by atoms with Crippen LogP contribution in [-0.2, 0) is 4.74 Å². The Kier molecular flexibility index (Phi) is 3.74. The van der Waals surface area contributed by atoms with E-state index in [1.807, 2.05) is 4.90 Å². The minimum absolute atomic E-state index is 0.00595. The van der Waals surface area contributed by atoms with Gasteiger partial charge in [0.25, 0.3) is 0 Å². The normalized spacial score (nSPS) is 16.4. The summed E-state index contributed by atoms with van der Waals surface area (Å²) in [6.07, 6.45) is 0. The summed E-state index contributed by atoms with van der Waals surface area (Å²) < 4.78 is 32.0. The van der Waals surface area contributed by atoms with E-state index >= 15 is 0 Å². The molecule has 1 saturated heterocycles. The molecule has 0 spiro atoms. The maximum atomic E-state index is 13.1. The van der Waals surface area contributed by atoms with Crippen molar-refractivity contribution in [1.29, 1.82) is 0 Å². The molecule has 0 unspecified atom stereocenters. The molecule has 1 aliphatic heterocycles. The van der Waals surface area contributed by atoms with Crippen LogP contribution in [0, 0.1) is 0 Å². The molecule has 6 nitrogen and oxygen atoms in total. The molecule has 0 N–H and O–H groups in total. The molecule has 0 atom stereocenters. The van der Waals surface area contributed by atoms with Crippen molar-refractivity contribution in [2.75, 3.05) is 31.2 Å². The fourth-order valence-electron chi connectivity index (χ4n) is 2.08. The number of aromatic nitrogens is 4. The molecule has 1 fully saturated rings. The van der Waals surface area contributed by atoms with Crippen LogP contribution < -0.4 is 4.90 Å². The van der Waals surface area contributed by atoms with Gasteiger partial charge in [-0.3, -0.25) is 0 Å². The molecule has 2 aromatic rings. The van der Waals surface area contributed by atoms with Crippen LogP contribution >= 0.6 is 27.5 Å². The summed E-state index contributed by atoms with van der Waals surface area (Å²) in [4.78, 5) is 14.0. The fraction of sp³-hybridized carbons (Fsp3) is 0.500. The van der Waals surface area contributed by atoms with Crippen molar-refractivity contribution >= 4 is 44.5 Å². The van der Waals surface area contributed by atoms with Crippen molar-refractivity contribution in [2.24, 2.45) is 0 Å². The van der Waals surface area contributed by atoms with Crippen LogP contribution in [0.25, 0.3) is 11.2 Å². The van der Waals surface area contributed by atoms with Crippen molar-refractivity contribution in [3.8, 4) is 0 Å². The third-order valence-corrected chi connectivity index (χ3v) is 3.69. The van der Waals surface area contributed by atoms with Crippen molar-refractivity contribution < 1.29 is 13.5 Å². The Morgan fingerprint density at radius 2 is 1.90 bits per heavy atom. The Hall–Kier alpha value is -1.06. The SMILES string of the molecule is FC(F)n1c(Br)nc2c(N3CCOCC3)nc(Cl)nc21. The molecule has 0 amide bonds. The predicted molar refractivity (Wildman–Crippen MR) is 72.3 cm³/mol. The lowest BCUT2D eigenvalue weighted by Gasteiger charge is -2.27. The third-order valence-electron chi connectivity index (χ3n) is 2.96. The fourth-order valence-corrected chi connectivity index (χ4v) is 2.74. The number of ether oxygens (including phenoxy) is 1. The molecule has 0 radical (unpaired) electrons. The molecule has 0 aromatic carbocycles. The average molecular weight is 369 g/mol. The van der Waals surface area contributed by atoms with Gasteiger partial charge in [0.2, 0.25) is 5.28 Å². The summed E-state index contributed by atoms with van der Waals surface area (Å²) >= 11 is 8.86. The number of nitrogens with zero attached hydrogens (tertiary/aromatic N) is 5. The number of imidazole rings is 1. The Bertz CT molecular complexity index is 646. The van der Waals surface area contributed by atoms with Gasteiger partial charge in [0.1, 0.15) is 0 Å². The highest BCUT2D eigenvalue weighted by Crippen LogP contribution is 2.31. The van der Waals surface area contributed by atoms with Gasteiger partial charge >= 0.3 is 6.55 Å². The molecule has 0 saturated carbocycles. The van der Waals surface area contributed by atoms with Crippen molar-refractivity contribution in [2.45, 2.75) is 6.55 Å². The minimum atomic E-state index is -2.77. The van der Waals surface area contributed by atoms with E-state index in [1.54, 1.807) is 0 Å². The van der Waals surface area contributed by atoms with Crippen molar-refractivity contribution in [3.63, 3.8) is 0 Å². The first kappa shape index (κ1) is 13.9. The lowest BCUT2D eigenvalue weighted by Crippen LogP contribution is -2.37. The number of halogens is 4. The van der Waals surface area contributed by atoms with E-state index in [0.29, 0.717) is 42.2 Å². The van der Waals surface area contributed by atoms with E-state index in [4.69, 9.17) is 16.3 Å². The van der Waals surface area contributed by atoms with Gasteiger partial charge in [-0.2, -0.15) is 18.7 Å². The van der Waals surface area contributed by atoms with E-state index in [2.05, 4.69) is 30.9 Å². The quantitative estimate of drug-likeness (QED) is 0.602. The van der Waals surface area contributed by atoms with E-state index < -0.39 is 6.55 Å². The van der Waals surface area contributed by atoms with Gasteiger partial charge in [0.05, 0.1) is 13.2 Å². The van der Waals surface area contributed by atoms with E-state index in [9.17, 15) is 8.78 Å². The van der Waals surface area contributed by atoms with Gasteiger partial charge in [-0.25, -0.2) is 9.55 Å². The van der Waals surface area contributed by atoms with Crippen LogP contribution in [0.1, 0.15) is 6.55 Å². The molecule has 10 heteroatoms. The Balaban J connectivity index is 2.19. The maximum absolute atomic E-state index is 13.1. The predicted octanol–water partition coefficient (Wildman–Crippen LogP) is 2.47. The first-order valence-electron chi connectivity index (χ1n) is 5.79. The largest absolute Gasteiger partial charge is 0.378 e. The molecular weight excluding hydrogens is 359 g/mol. The highest BCUT2D eigenvalue weighted by Gasteiger charge is 2.24. The number of anilines is 1. The maximum Gasteiger partial charge on any atom is 0.322 e. The van der Waals surface area contributed by atoms with Crippen molar-refractivity contribution in [3.05, 3.63) is 10.0 Å². The summed E-state index contributed by atoms with van der Waals surface area (Å²) in [7, 11) is 0. The number of morpholine rings is 1. The zero-order chi connectivity index (χ0) is 14.3. The second kappa shape index (κ2) is 5.38. The monoisotopic (exact) mass is 367 g/mol. The zero-order valence-electron chi connectivity index (χ0n) is 10.1. The molecular formula is C10H9BrClF2N5O. The molecule has 2 aromatic heterocycles. The van der Waals surface area contributed by atoms with Crippen LogP contribution in [0.5, 0.6) is 0 Å². The Labute approximate surface area is 125 Å². The Morgan fingerprint density at radius 1 is 1.20 bits per heavy atom. The van der Waals surface area contributed by atoms with Gasteiger partial charge in [0.15, 0.2) is 21.7 Å². The first-order chi connectivity index (χ1) is 9.58. The molecule has 108 valence electrons. The average Bonchev–Trinajstić information content (AvgIpc) is 2.74. The van der Waals surface area contributed by atoms with E-state index in [-0.39, 0.29) is 15.7 Å². The van der Waals surface area contributed by atoms with E-state index in [0.717, 1.165) is 0 Å². The first-order valence-corrected chi connectivity index (χ1v) is 6.97. The molecule has 0 aliphatic carbocycles. The second-order valence-corrected chi connectivity index (χ2v) is 5.16. The lowest BCUT2D eigenvalue weighted by molar-refractivity contribution is 0.0716. The Morgan fingerprint density at radius 3 is 2.55 bits per heavy atom. The molecule has 3 rings (SSSR count). The standard InChI is InChI=1S/C10H9BrClF2N5O/c11-8-15-5-6(18-1-3-20-4-2-18)16-9(12)17-7(5)19(8)10(13)14/h10H,1-4H2. The van der Waals surface area contributed by atoms with Gasteiger partial charge in [-0.1, -0.05) is 0 Å². The third kappa shape index (κ3) is 2.33. The summed E-state index contributed by atoms with van der Waals surface area (Å²) in [5.74, 6) is 0.448. The van der Waals surface area contributed by atoms with Gasteiger partial charge < -0.3 is 9.64 Å². The summed E-state index contributed by atoms with van der Waals surface area (Å²) in [6, 6.07) is 0. The lowest BCUT2D eigenvalue weighted by atomic mass is 10.4. The summed E-state index contributed by atoms with van der Waals surface area (Å²) in [5, 5.41) is -0.0895. The second-order valence-electron chi connectivity index (χ2n) is 4.12. The molecule has 0 bridgehead atoms. The number of rotatable bonds is 2. The highest BCUT2D eigenvalue weighted by atomic mass is 79.9. The van der Waals surface area contributed by atoms with Crippen LogP contribution in [-0.4, -0.2) is 45.8 Å². The van der Waals surface area contributed by atoms with Crippen molar-refractivity contribution in [1.82, 2.24) is 19.5 Å². The van der Waals surface area contributed by atoms with Gasteiger partial charge in [-0.15, -0.1) is 0 Å². The van der Waals surface area contributed by atoms with E-state index in [1.165, 1.54) is 0 Å². The molecule has 20 heavy (non-hydrogen) atoms. The number of hydrogen-bond donors (Lipinski definition) is 0. The van der Waals surface area contributed by atoms with Crippen LogP contribution in [0.4, 0.5) is 14.6 Å². The zero-order valence-corrected chi connectivity index (χ0v) is 12.4. The number of fused-ring (bicyclic) bond motifs is 1. The molecule has 3 heterocycles. The smallest absolute Gasteiger partial charge is 0.322 e. The van der Waals surface area contributed by atoms with Crippen LogP contribution in [0.15, 0.2) is 4.73 Å². The topological polar surface area (TPSA) is 56.1 Å². The number of alkyl halides is 2.